The second-order valence-electron chi connectivity index (χ2n) is 12.1. The summed E-state index contributed by atoms with van der Waals surface area (Å²) in [6, 6.07) is 18.2. The summed E-state index contributed by atoms with van der Waals surface area (Å²) >= 11 is 3.46. The second kappa shape index (κ2) is 20.5. The van der Waals surface area contributed by atoms with Crippen LogP contribution in [0.25, 0.3) is 31.3 Å². The van der Waals surface area contributed by atoms with Crippen LogP contribution in [0, 0.1) is 21.4 Å². The maximum Gasteiger partial charge on any atom is 0.414 e. The van der Waals surface area contributed by atoms with Crippen molar-refractivity contribution in [3.8, 4) is 6.07 Å². The lowest BCUT2D eigenvalue weighted by molar-refractivity contribution is -0.384. The number of hydrogen-bond donors (Lipinski definition) is 4. The fraction of sp³-hybridized carbons (Fsp3) is 0.289. The van der Waals surface area contributed by atoms with Gasteiger partial charge in [0.05, 0.1) is 16.6 Å². The predicted molar refractivity (Wildman–Crippen MR) is 209 cm³/mol. The number of carboxylic acid groups (broad SMARTS) is 4. The van der Waals surface area contributed by atoms with Gasteiger partial charge in [0, 0.05) is 75.7 Å². The number of nitro benzene ring substituents is 1. The van der Waals surface area contributed by atoms with Crippen molar-refractivity contribution in [1.82, 2.24) is 9.80 Å². The number of non-ortho nitro benzene ring substituents is 1. The molecule has 0 aliphatic carbocycles. The molecule has 0 fully saturated rings. The summed E-state index contributed by atoms with van der Waals surface area (Å²) in [5.41, 5.74) is 3.75. The highest BCUT2D eigenvalue weighted by molar-refractivity contribution is 7.20. The van der Waals surface area contributed by atoms with E-state index in [0.717, 1.165) is 61.2 Å². The maximum atomic E-state index is 10.8. The molecule has 4 aromatic rings. The summed E-state index contributed by atoms with van der Waals surface area (Å²) < 4.78 is 2.21. The number of nitrogens with zero attached hydrogens (tertiary/aromatic N) is 4. The Morgan fingerprint density at radius 1 is 0.833 bits per heavy atom. The lowest BCUT2D eigenvalue weighted by Gasteiger charge is -2.29. The number of fused-ring (bicyclic) bond motifs is 2. The number of carboxylic acids is 4. The van der Waals surface area contributed by atoms with E-state index in [-0.39, 0.29) is 10.6 Å². The van der Waals surface area contributed by atoms with Crippen LogP contribution in [0.3, 0.4) is 0 Å². The molecule has 6 rings (SSSR count). The first-order valence-corrected chi connectivity index (χ1v) is 18.3. The Kier molecular flexibility index (Phi) is 16.2. The van der Waals surface area contributed by atoms with Gasteiger partial charge >= 0.3 is 23.9 Å². The van der Waals surface area contributed by atoms with Crippen molar-refractivity contribution >= 4 is 83.6 Å². The van der Waals surface area contributed by atoms with Crippen LogP contribution in [-0.4, -0.2) is 97.8 Å². The van der Waals surface area contributed by atoms with Crippen molar-refractivity contribution in [2.24, 2.45) is 0 Å². The zero-order valence-electron chi connectivity index (χ0n) is 29.8. The molecule has 16 heteroatoms. The quantitative estimate of drug-likeness (QED) is 0.0640. The Hall–Kier alpha value is -5.73. The molecule has 284 valence electrons. The summed E-state index contributed by atoms with van der Waals surface area (Å²) in [4.78, 5) is 55.3. The fourth-order valence-corrected chi connectivity index (χ4v) is 7.63. The highest BCUT2D eigenvalue weighted by Crippen LogP contribution is 2.36. The van der Waals surface area contributed by atoms with E-state index >= 15 is 0 Å². The largest absolute Gasteiger partial charge is 0.478 e. The first-order chi connectivity index (χ1) is 25.6. The van der Waals surface area contributed by atoms with Gasteiger partial charge in [-0.3, -0.25) is 19.9 Å². The van der Waals surface area contributed by atoms with Crippen molar-refractivity contribution in [1.29, 1.82) is 5.26 Å². The molecule has 2 aromatic carbocycles. The molecule has 0 bridgehead atoms. The number of thiophene rings is 2. The van der Waals surface area contributed by atoms with Crippen LogP contribution in [-0.2, 0) is 19.2 Å². The zero-order valence-corrected chi connectivity index (χ0v) is 31.4. The topological polar surface area (TPSA) is 223 Å². The second-order valence-corrected chi connectivity index (χ2v) is 14.3. The molecule has 0 amide bonds. The molecule has 2 aliphatic rings. The fourth-order valence-electron chi connectivity index (χ4n) is 5.29. The number of nitro groups is 1. The zero-order chi connectivity index (χ0) is 39.9. The van der Waals surface area contributed by atoms with Crippen LogP contribution in [0.1, 0.15) is 48.9 Å². The van der Waals surface area contributed by atoms with Gasteiger partial charge in [-0.05, 0) is 85.5 Å². The van der Waals surface area contributed by atoms with E-state index in [1.807, 2.05) is 18.2 Å². The standard InChI is InChI=1S/C16H18N2O2S.C16H16N2S.C4H4O4.C2H2O4/c1-11(2)17-7-5-12(6-8-17)15-9-13-3-4-14(18(19)20)10-16(13)21-15;1-2-18-7-5-13(6-8-18)16-10-14-4-3-12(11-17)9-15(14)19-16;5-3(6)1-2-4(7)8;3-1(4)2(5)6/h3-5,9-11H,6-8H2,1-2H3;3-5,9-10H,2,6-8H2,1H3;1-2H,(H,5,6)(H,7,8);(H,3,4)(H,5,6). The Bertz CT molecular complexity index is 2110. The van der Waals surface area contributed by atoms with Gasteiger partial charge in [-0.2, -0.15) is 5.26 Å². The van der Waals surface area contributed by atoms with Gasteiger partial charge in [-0.1, -0.05) is 25.1 Å². The molecule has 4 N–H and O–H groups in total. The summed E-state index contributed by atoms with van der Waals surface area (Å²) in [7, 11) is 0. The highest BCUT2D eigenvalue weighted by atomic mass is 32.1. The lowest BCUT2D eigenvalue weighted by atomic mass is 10.0. The Labute approximate surface area is 318 Å². The average Bonchev–Trinajstić information content (AvgIpc) is 3.79. The number of rotatable bonds is 7. The number of benzene rings is 2. The molecule has 2 aliphatic heterocycles. The van der Waals surface area contributed by atoms with E-state index in [4.69, 9.17) is 35.3 Å². The summed E-state index contributed by atoms with van der Waals surface area (Å²) in [5.74, 6) is -6.16. The lowest BCUT2D eigenvalue weighted by Crippen LogP contribution is -2.34. The molecule has 2 aromatic heterocycles. The number of likely N-dealkylation sites (N-methyl/N-ethyl adjacent to an activating group) is 1. The van der Waals surface area contributed by atoms with E-state index in [2.05, 4.69) is 67.0 Å². The van der Waals surface area contributed by atoms with Crippen LogP contribution >= 0.6 is 22.7 Å². The van der Waals surface area contributed by atoms with Gasteiger partial charge in [-0.25, -0.2) is 19.2 Å². The third-order valence-corrected chi connectivity index (χ3v) is 10.6. The molecule has 4 heterocycles. The molecule has 14 nitrogen and oxygen atoms in total. The van der Waals surface area contributed by atoms with Gasteiger partial charge in [0.2, 0.25) is 0 Å². The number of aliphatic carboxylic acids is 4. The average molecular weight is 777 g/mol. The molecule has 0 saturated carbocycles. The molecular weight excluding hydrogens is 737 g/mol. The van der Waals surface area contributed by atoms with Crippen LogP contribution in [0.2, 0.25) is 0 Å². The Morgan fingerprint density at radius 3 is 1.76 bits per heavy atom. The minimum absolute atomic E-state index is 0.166. The van der Waals surface area contributed by atoms with Gasteiger partial charge < -0.3 is 20.4 Å². The molecule has 0 radical (unpaired) electrons. The third-order valence-electron chi connectivity index (χ3n) is 8.26. The first-order valence-electron chi connectivity index (χ1n) is 16.7. The van der Waals surface area contributed by atoms with Crippen LogP contribution in [0.15, 0.2) is 72.8 Å². The van der Waals surface area contributed by atoms with E-state index in [1.54, 1.807) is 34.8 Å². The van der Waals surface area contributed by atoms with Gasteiger partial charge in [0.1, 0.15) is 0 Å². The maximum absolute atomic E-state index is 10.8. The molecular formula is C38H40N4O10S2. The van der Waals surface area contributed by atoms with Crippen molar-refractivity contribution < 1.29 is 44.5 Å². The Balaban J connectivity index is 0.000000217. The molecule has 0 atom stereocenters. The summed E-state index contributed by atoms with van der Waals surface area (Å²) in [5, 5.41) is 52.5. The van der Waals surface area contributed by atoms with Crippen molar-refractivity contribution in [3.63, 3.8) is 0 Å². The molecule has 54 heavy (non-hydrogen) atoms. The van der Waals surface area contributed by atoms with E-state index in [9.17, 15) is 19.7 Å². The van der Waals surface area contributed by atoms with E-state index in [1.165, 1.54) is 31.0 Å². The third kappa shape index (κ3) is 13.0. The monoisotopic (exact) mass is 776 g/mol. The van der Waals surface area contributed by atoms with Gasteiger partial charge in [-0.15, -0.1) is 22.7 Å². The molecule has 0 unspecified atom stereocenters. The molecule has 0 saturated heterocycles. The normalized spacial score (nSPS) is 14.4. The van der Waals surface area contributed by atoms with Gasteiger partial charge in [0.25, 0.3) is 5.69 Å². The first kappa shape index (κ1) is 42.7. The molecule has 0 spiro atoms. The number of nitriles is 1. The summed E-state index contributed by atoms with van der Waals surface area (Å²) in [6.45, 7) is 12.1. The Morgan fingerprint density at radius 2 is 1.35 bits per heavy atom. The predicted octanol–water partition coefficient (Wildman–Crippen LogP) is 7.06. The highest BCUT2D eigenvalue weighted by Gasteiger charge is 2.18. The summed E-state index contributed by atoms with van der Waals surface area (Å²) in [6.07, 6.45) is 7.94. The van der Waals surface area contributed by atoms with Crippen molar-refractivity contribution in [2.45, 2.75) is 39.7 Å². The van der Waals surface area contributed by atoms with Gasteiger partial charge in [0.15, 0.2) is 0 Å². The van der Waals surface area contributed by atoms with Crippen molar-refractivity contribution in [3.05, 3.63) is 98.3 Å². The number of carbonyl (C=O) groups is 4. The van der Waals surface area contributed by atoms with Crippen LogP contribution < -0.4 is 0 Å². The number of hydrogen-bond acceptors (Lipinski definition) is 11. The van der Waals surface area contributed by atoms with E-state index < -0.39 is 23.9 Å². The minimum atomic E-state index is -1.82. The van der Waals surface area contributed by atoms with Crippen molar-refractivity contribution in [2.75, 3.05) is 32.7 Å². The minimum Gasteiger partial charge on any atom is -0.478 e. The van der Waals surface area contributed by atoms with Crippen LogP contribution in [0.5, 0.6) is 0 Å². The van der Waals surface area contributed by atoms with E-state index in [0.29, 0.717) is 18.2 Å². The SMILES string of the molecule is CC(C)N1CC=C(c2cc3ccc([N+](=O)[O-])cc3s2)CC1.CCN1CC=C(c2cc3ccc(C#N)cc3s2)CC1.O=C(O)C(=O)O.O=C(O)C=CC(=O)O. The van der Waals surface area contributed by atoms with Crippen LogP contribution in [0.4, 0.5) is 5.69 Å². The smallest absolute Gasteiger partial charge is 0.414 e.